The van der Waals surface area contributed by atoms with E-state index in [4.69, 9.17) is 5.26 Å². The van der Waals surface area contributed by atoms with Crippen LogP contribution >= 0.6 is 11.8 Å². The lowest BCUT2D eigenvalue weighted by Gasteiger charge is -2.12. The number of nitrogens with one attached hydrogen (secondary N) is 1. The number of carbonyl (C=O) groups is 1. The Balaban J connectivity index is 1.91. The minimum absolute atomic E-state index is 0.0272. The maximum absolute atomic E-state index is 12.1. The van der Waals surface area contributed by atoms with Gasteiger partial charge in [-0.05, 0) is 30.7 Å². The van der Waals surface area contributed by atoms with Crippen LogP contribution in [0, 0.1) is 11.3 Å². The third-order valence-electron chi connectivity index (χ3n) is 3.04. The summed E-state index contributed by atoms with van der Waals surface area (Å²) in [6.07, 6.45) is 0. The summed E-state index contributed by atoms with van der Waals surface area (Å²) >= 11 is 1.52. The van der Waals surface area contributed by atoms with Gasteiger partial charge in [-0.15, -0.1) is 11.8 Å². The first-order chi connectivity index (χ1) is 10.2. The van der Waals surface area contributed by atoms with Gasteiger partial charge in [-0.1, -0.05) is 36.4 Å². The van der Waals surface area contributed by atoms with E-state index in [1.54, 1.807) is 6.07 Å². The van der Waals surface area contributed by atoms with Crippen molar-refractivity contribution in [3.63, 3.8) is 0 Å². The molecule has 2 aromatic rings. The van der Waals surface area contributed by atoms with Crippen LogP contribution in [0.4, 0.5) is 5.69 Å². The van der Waals surface area contributed by atoms with Gasteiger partial charge >= 0.3 is 0 Å². The second-order valence-corrected chi connectivity index (χ2v) is 5.91. The van der Waals surface area contributed by atoms with Gasteiger partial charge in [-0.3, -0.25) is 4.79 Å². The molecule has 0 fully saturated rings. The number of benzene rings is 2. The van der Waals surface area contributed by atoms with E-state index in [0.717, 1.165) is 11.3 Å². The highest BCUT2D eigenvalue weighted by Crippen LogP contribution is 2.21. The van der Waals surface area contributed by atoms with Gasteiger partial charge in [0, 0.05) is 11.4 Å². The quantitative estimate of drug-likeness (QED) is 0.912. The average Bonchev–Trinajstić information content (AvgIpc) is 2.53. The number of nitrogens with zero attached hydrogens (tertiary/aromatic N) is 1. The molecular formula is C17H16N2OS. The van der Waals surface area contributed by atoms with E-state index < -0.39 is 0 Å². The van der Waals surface area contributed by atoms with Crippen molar-refractivity contribution in [1.82, 2.24) is 0 Å². The van der Waals surface area contributed by atoms with Gasteiger partial charge in [-0.25, -0.2) is 0 Å². The number of anilines is 1. The van der Waals surface area contributed by atoms with Gasteiger partial charge in [0.25, 0.3) is 0 Å². The Kier molecular flexibility index (Phi) is 5.42. The van der Waals surface area contributed by atoms with Crippen molar-refractivity contribution in [2.24, 2.45) is 0 Å². The van der Waals surface area contributed by atoms with Crippen LogP contribution in [0.2, 0.25) is 0 Å². The van der Waals surface area contributed by atoms with E-state index in [1.807, 2.05) is 55.5 Å². The molecule has 21 heavy (non-hydrogen) atoms. The predicted molar refractivity (Wildman–Crippen MR) is 87.0 cm³/mol. The molecule has 2 aromatic carbocycles. The highest BCUT2D eigenvalue weighted by atomic mass is 32.2. The fraction of sp³-hybridized carbons (Fsp3) is 0.176. The third-order valence-corrected chi connectivity index (χ3v) is 4.23. The molecule has 0 aliphatic heterocycles. The van der Waals surface area contributed by atoms with Crippen molar-refractivity contribution >= 4 is 23.4 Å². The SMILES string of the molecule is CC(SCc1ccccc1C#N)C(=O)Nc1ccccc1. The zero-order valence-electron chi connectivity index (χ0n) is 11.7. The fourth-order valence-corrected chi connectivity index (χ4v) is 2.70. The summed E-state index contributed by atoms with van der Waals surface area (Å²) in [5, 5.41) is 11.7. The Morgan fingerprint density at radius 2 is 1.86 bits per heavy atom. The molecule has 0 saturated carbocycles. The third kappa shape index (κ3) is 4.37. The molecule has 1 unspecified atom stereocenters. The van der Waals surface area contributed by atoms with Gasteiger partial charge in [0.05, 0.1) is 16.9 Å². The van der Waals surface area contributed by atoms with E-state index in [2.05, 4.69) is 11.4 Å². The van der Waals surface area contributed by atoms with Gasteiger partial charge < -0.3 is 5.32 Å². The molecule has 0 spiro atoms. The van der Waals surface area contributed by atoms with Crippen LogP contribution in [0.1, 0.15) is 18.1 Å². The van der Waals surface area contributed by atoms with Gasteiger partial charge in [-0.2, -0.15) is 5.26 Å². The lowest BCUT2D eigenvalue weighted by Crippen LogP contribution is -2.22. The molecule has 2 rings (SSSR count). The van der Waals surface area contributed by atoms with E-state index in [-0.39, 0.29) is 11.2 Å². The molecule has 0 heterocycles. The first-order valence-corrected chi connectivity index (χ1v) is 7.71. The van der Waals surface area contributed by atoms with Gasteiger partial charge in [0.1, 0.15) is 0 Å². The summed E-state index contributed by atoms with van der Waals surface area (Å²) in [7, 11) is 0. The summed E-state index contributed by atoms with van der Waals surface area (Å²) < 4.78 is 0. The summed E-state index contributed by atoms with van der Waals surface area (Å²) in [5.74, 6) is 0.619. The normalized spacial score (nSPS) is 11.4. The Bertz CT molecular complexity index is 649. The maximum atomic E-state index is 12.1. The average molecular weight is 296 g/mol. The maximum Gasteiger partial charge on any atom is 0.237 e. The van der Waals surface area contributed by atoms with Gasteiger partial charge in [0.15, 0.2) is 0 Å². The number of hydrogen-bond donors (Lipinski definition) is 1. The largest absolute Gasteiger partial charge is 0.325 e. The number of hydrogen-bond acceptors (Lipinski definition) is 3. The Hall–Kier alpha value is -2.25. The van der Waals surface area contributed by atoms with Crippen molar-refractivity contribution in [3.05, 3.63) is 65.7 Å². The van der Waals surface area contributed by atoms with Crippen molar-refractivity contribution < 1.29 is 4.79 Å². The van der Waals surface area contributed by atoms with Crippen LogP contribution in [0.25, 0.3) is 0 Å². The lowest BCUT2D eigenvalue weighted by atomic mass is 10.1. The van der Waals surface area contributed by atoms with E-state index >= 15 is 0 Å². The summed E-state index contributed by atoms with van der Waals surface area (Å²) in [4.78, 5) is 12.1. The van der Waals surface area contributed by atoms with Crippen LogP contribution in [-0.4, -0.2) is 11.2 Å². The Labute approximate surface area is 129 Å². The molecule has 4 heteroatoms. The first-order valence-electron chi connectivity index (χ1n) is 6.66. The zero-order valence-corrected chi connectivity index (χ0v) is 12.6. The Morgan fingerprint density at radius 3 is 2.57 bits per heavy atom. The number of rotatable bonds is 5. The lowest BCUT2D eigenvalue weighted by molar-refractivity contribution is -0.115. The second kappa shape index (κ2) is 7.51. The predicted octanol–water partition coefficient (Wildman–Crippen LogP) is 3.82. The molecule has 106 valence electrons. The molecule has 0 radical (unpaired) electrons. The van der Waals surface area contributed by atoms with Crippen LogP contribution in [0.5, 0.6) is 0 Å². The molecule has 3 nitrogen and oxygen atoms in total. The molecule has 0 saturated heterocycles. The second-order valence-electron chi connectivity index (χ2n) is 4.58. The van der Waals surface area contributed by atoms with Crippen LogP contribution < -0.4 is 5.32 Å². The van der Waals surface area contributed by atoms with Crippen LogP contribution in [0.3, 0.4) is 0 Å². The monoisotopic (exact) mass is 296 g/mol. The zero-order chi connectivity index (χ0) is 15.1. The molecule has 0 aromatic heterocycles. The number of amides is 1. The van der Waals surface area contributed by atoms with E-state index in [1.165, 1.54) is 11.8 Å². The molecule has 0 bridgehead atoms. The fourth-order valence-electron chi connectivity index (χ4n) is 1.81. The van der Waals surface area contributed by atoms with E-state index in [9.17, 15) is 4.79 Å². The molecule has 1 amide bonds. The topological polar surface area (TPSA) is 52.9 Å². The van der Waals surface area contributed by atoms with Crippen LogP contribution in [-0.2, 0) is 10.5 Å². The number of thioether (sulfide) groups is 1. The number of para-hydroxylation sites is 1. The van der Waals surface area contributed by atoms with Crippen molar-refractivity contribution in [3.8, 4) is 6.07 Å². The summed E-state index contributed by atoms with van der Waals surface area (Å²) in [6.45, 7) is 1.87. The molecular weight excluding hydrogens is 280 g/mol. The summed E-state index contributed by atoms with van der Waals surface area (Å²) in [5.41, 5.74) is 2.43. The highest BCUT2D eigenvalue weighted by molar-refractivity contribution is 7.99. The van der Waals surface area contributed by atoms with Gasteiger partial charge in [0.2, 0.25) is 5.91 Å². The van der Waals surface area contributed by atoms with Crippen molar-refractivity contribution in [2.45, 2.75) is 17.9 Å². The molecule has 1 atom stereocenters. The first kappa shape index (κ1) is 15.1. The molecule has 1 N–H and O–H groups in total. The minimum atomic E-state index is -0.183. The smallest absolute Gasteiger partial charge is 0.237 e. The number of carbonyl (C=O) groups excluding carboxylic acids is 1. The molecule has 0 aliphatic carbocycles. The number of nitriles is 1. The summed E-state index contributed by atoms with van der Waals surface area (Å²) in [6, 6.07) is 19.1. The molecule has 0 aliphatic rings. The van der Waals surface area contributed by atoms with Crippen LogP contribution in [0.15, 0.2) is 54.6 Å². The minimum Gasteiger partial charge on any atom is -0.325 e. The Morgan fingerprint density at radius 1 is 1.19 bits per heavy atom. The highest BCUT2D eigenvalue weighted by Gasteiger charge is 2.14. The standard InChI is InChI=1S/C17H16N2OS/c1-13(17(20)19-16-9-3-2-4-10-16)21-12-15-8-6-5-7-14(15)11-18/h2-10,13H,12H2,1H3,(H,19,20). The van der Waals surface area contributed by atoms with Crippen molar-refractivity contribution in [2.75, 3.05) is 5.32 Å². The van der Waals surface area contributed by atoms with E-state index in [0.29, 0.717) is 11.3 Å². The van der Waals surface area contributed by atoms with Crippen molar-refractivity contribution in [1.29, 1.82) is 5.26 Å².